The first kappa shape index (κ1) is 13.2. The van der Waals surface area contributed by atoms with E-state index in [0.717, 1.165) is 11.3 Å². The van der Waals surface area contributed by atoms with Gasteiger partial charge in [-0.2, -0.15) is 0 Å². The van der Waals surface area contributed by atoms with E-state index in [1.807, 2.05) is 19.0 Å². The Bertz CT molecular complexity index is 312. The number of carbonyl (C=O) groups is 1. The van der Waals surface area contributed by atoms with Crippen LogP contribution in [-0.4, -0.2) is 32.1 Å². The third-order valence-electron chi connectivity index (χ3n) is 1.79. The van der Waals surface area contributed by atoms with Crippen LogP contribution in [-0.2, 0) is 9.53 Å². The predicted octanol–water partition coefficient (Wildman–Crippen LogP) is 1.90. The van der Waals surface area contributed by atoms with Gasteiger partial charge in [-0.25, -0.2) is 4.79 Å². The normalized spacial score (nSPS) is 11.9. The first-order valence-corrected chi connectivity index (χ1v) is 4.49. The summed E-state index contributed by atoms with van der Waals surface area (Å²) in [4.78, 5) is 12.8. The van der Waals surface area contributed by atoms with Gasteiger partial charge in [-0.15, -0.1) is 0 Å². The molecule has 0 radical (unpaired) electrons. The lowest BCUT2D eigenvalue weighted by Gasteiger charge is -2.15. The SMILES string of the molecule is C=CC(/C=C/C(=O)OC)=C(\C=C)N(C)C. The number of rotatable bonds is 5. The highest BCUT2D eigenvalue weighted by molar-refractivity contribution is 5.82. The van der Waals surface area contributed by atoms with Crippen LogP contribution in [0.5, 0.6) is 0 Å². The molecule has 0 bridgehead atoms. The van der Waals surface area contributed by atoms with E-state index in [9.17, 15) is 4.79 Å². The maximum Gasteiger partial charge on any atom is 0.330 e. The molecule has 0 rings (SSSR count). The Hall–Kier alpha value is -1.77. The number of nitrogens with zero attached hydrogens (tertiary/aromatic N) is 1. The number of methoxy groups -OCH3 is 1. The summed E-state index contributed by atoms with van der Waals surface area (Å²) >= 11 is 0. The smallest absolute Gasteiger partial charge is 0.330 e. The van der Waals surface area contributed by atoms with E-state index in [4.69, 9.17) is 0 Å². The zero-order chi connectivity index (χ0) is 11.8. The molecule has 0 atom stereocenters. The maximum absolute atomic E-state index is 10.9. The second-order valence-corrected chi connectivity index (χ2v) is 3.00. The van der Waals surface area contributed by atoms with Gasteiger partial charge in [0.05, 0.1) is 7.11 Å². The average molecular weight is 207 g/mol. The van der Waals surface area contributed by atoms with Crippen molar-refractivity contribution >= 4 is 5.97 Å². The van der Waals surface area contributed by atoms with E-state index < -0.39 is 5.97 Å². The number of hydrogen-bond acceptors (Lipinski definition) is 3. The maximum atomic E-state index is 10.9. The van der Waals surface area contributed by atoms with Crippen LogP contribution in [0.2, 0.25) is 0 Å². The lowest BCUT2D eigenvalue weighted by Crippen LogP contribution is -2.10. The number of hydrogen-bond donors (Lipinski definition) is 0. The van der Waals surface area contributed by atoms with Crippen LogP contribution >= 0.6 is 0 Å². The molecule has 3 heteroatoms. The van der Waals surface area contributed by atoms with Gasteiger partial charge in [0.2, 0.25) is 0 Å². The average Bonchev–Trinajstić information content (AvgIpc) is 2.22. The zero-order valence-electron chi connectivity index (χ0n) is 9.49. The monoisotopic (exact) mass is 207 g/mol. The molecular weight excluding hydrogens is 190 g/mol. The van der Waals surface area contributed by atoms with Crippen molar-refractivity contribution < 1.29 is 9.53 Å². The van der Waals surface area contributed by atoms with Crippen molar-refractivity contribution in [3.8, 4) is 0 Å². The minimum absolute atomic E-state index is 0.392. The highest BCUT2D eigenvalue weighted by Gasteiger charge is 2.00. The van der Waals surface area contributed by atoms with Crippen LogP contribution in [0.25, 0.3) is 0 Å². The number of carbonyl (C=O) groups excluding carboxylic acids is 1. The minimum Gasteiger partial charge on any atom is -0.466 e. The highest BCUT2D eigenvalue weighted by atomic mass is 16.5. The molecule has 0 aliphatic rings. The Morgan fingerprint density at radius 3 is 2.13 bits per heavy atom. The van der Waals surface area contributed by atoms with Crippen molar-refractivity contribution in [2.75, 3.05) is 21.2 Å². The number of esters is 1. The van der Waals surface area contributed by atoms with Crippen molar-refractivity contribution in [3.63, 3.8) is 0 Å². The number of ether oxygens (including phenoxy) is 1. The number of likely N-dealkylation sites (N-methyl/N-ethyl adjacent to an activating group) is 1. The largest absolute Gasteiger partial charge is 0.466 e. The summed E-state index contributed by atoms with van der Waals surface area (Å²) in [5.41, 5.74) is 1.71. The second-order valence-electron chi connectivity index (χ2n) is 3.00. The molecule has 0 N–H and O–H groups in total. The fraction of sp³-hybridized carbons (Fsp3) is 0.250. The Kier molecular flexibility index (Phi) is 5.86. The molecule has 0 amide bonds. The van der Waals surface area contributed by atoms with Gasteiger partial charge in [0.1, 0.15) is 0 Å². The van der Waals surface area contributed by atoms with Crippen molar-refractivity contribution in [3.05, 3.63) is 48.7 Å². The fourth-order valence-electron chi connectivity index (χ4n) is 1.04. The molecule has 15 heavy (non-hydrogen) atoms. The zero-order valence-corrected chi connectivity index (χ0v) is 9.49. The third kappa shape index (κ3) is 4.31. The minimum atomic E-state index is -0.392. The second kappa shape index (κ2) is 6.65. The number of allylic oxidation sites excluding steroid dienone is 4. The molecule has 0 aromatic carbocycles. The van der Waals surface area contributed by atoms with Crippen molar-refractivity contribution in [1.29, 1.82) is 0 Å². The Morgan fingerprint density at radius 2 is 1.80 bits per heavy atom. The molecule has 0 saturated heterocycles. The summed E-state index contributed by atoms with van der Waals surface area (Å²) in [7, 11) is 5.13. The molecule has 0 heterocycles. The van der Waals surface area contributed by atoms with E-state index in [2.05, 4.69) is 17.9 Å². The van der Waals surface area contributed by atoms with Crippen LogP contribution in [0.1, 0.15) is 0 Å². The quantitative estimate of drug-likeness (QED) is 0.392. The van der Waals surface area contributed by atoms with Gasteiger partial charge in [-0.1, -0.05) is 19.2 Å². The first-order valence-electron chi connectivity index (χ1n) is 4.49. The van der Waals surface area contributed by atoms with Crippen LogP contribution in [0.3, 0.4) is 0 Å². The summed E-state index contributed by atoms with van der Waals surface area (Å²) in [6, 6.07) is 0. The molecule has 0 fully saturated rings. The van der Waals surface area contributed by atoms with E-state index in [1.165, 1.54) is 13.2 Å². The summed E-state index contributed by atoms with van der Waals surface area (Å²) in [6.45, 7) is 7.38. The Balaban J connectivity index is 5.04. The fourth-order valence-corrected chi connectivity index (χ4v) is 1.04. The first-order chi connectivity index (χ1) is 7.06. The standard InChI is InChI=1S/C12H17NO2/c1-6-10(8-9-12(14)15-5)11(7-2)13(3)4/h6-9H,1-2H2,3-5H3/b9-8+,11-10-. The lowest BCUT2D eigenvalue weighted by atomic mass is 10.1. The van der Waals surface area contributed by atoms with E-state index in [-0.39, 0.29) is 0 Å². The van der Waals surface area contributed by atoms with Gasteiger partial charge in [0, 0.05) is 25.9 Å². The Labute approximate surface area is 91.0 Å². The molecule has 0 aromatic rings. The van der Waals surface area contributed by atoms with E-state index in [1.54, 1.807) is 18.2 Å². The summed E-state index contributed by atoms with van der Waals surface area (Å²) in [5.74, 6) is -0.392. The van der Waals surface area contributed by atoms with Crippen molar-refractivity contribution in [1.82, 2.24) is 4.90 Å². The van der Waals surface area contributed by atoms with Crippen molar-refractivity contribution in [2.24, 2.45) is 0 Å². The van der Waals surface area contributed by atoms with Crippen LogP contribution in [0.15, 0.2) is 48.7 Å². The van der Waals surface area contributed by atoms with Crippen LogP contribution < -0.4 is 0 Å². The van der Waals surface area contributed by atoms with Gasteiger partial charge in [0.15, 0.2) is 0 Å². The topological polar surface area (TPSA) is 29.5 Å². The molecule has 0 spiro atoms. The summed E-state index contributed by atoms with van der Waals surface area (Å²) in [6.07, 6.45) is 6.37. The van der Waals surface area contributed by atoms with Gasteiger partial charge in [-0.3, -0.25) is 0 Å². The predicted molar refractivity (Wildman–Crippen MR) is 62.3 cm³/mol. The van der Waals surface area contributed by atoms with E-state index >= 15 is 0 Å². The Morgan fingerprint density at radius 1 is 1.20 bits per heavy atom. The van der Waals surface area contributed by atoms with E-state index in [0.29, 0.717) is 0 Å². The molecule has 0 saturated carbocycles. The molecule has 0 aliphatic carbocycles. The van der Waals surface area contributed by atoms with Gasteiger partial charge in [0.25, 0.3) is 0 Å². The molecule has 3 nitrogen and oxygen atoms in total. The lowest BCUT2D eigenvalue weighted by molar-refractivity contribution is -0.134. The molecule has 0 aromatic heterocycles. The molecular formula is C12H17NO2. The van der Waals surface area contributed by atoms with Gasteiger partial charge < -0.3 is 9.64 Å². The highest BCUT2D eigenvalue weighted by Crippen LogP contribution is 2.11. The van der Waals surface area contributed by atoms with Crippen molar-refractivity contribution in [2.45, 2.75) is 0 Å². The summed E-state index contributed by atoms with van der Waals surface area (Å²) in [5, 5.41) is 0. The van der Waals surface area contributed by atoms with Gasteiger partial charge in [-0.05, 0) is 17.7 Å². The van der Waals surface area contributed by atoms with Crippen LogP contribution in [0, 0.1) is 0 Å². The molecule has 82 valence electrons. The molecule has 0 aliphatic heterocycles. The molecule has 0 unspecified atom stereocenters. The van der Waals surface area contributed by atoms with Crippen LogP contribution in [0.4, 0.5) is 0 Å². The summed E-state index contributed by atoms with van der Waals surface area (Å²) < 4.78 is 4.50. The third-order valence-corrected chi connectivity index (χ3v) is 1.79. The van der Waals surface area contributed by atoms with Gasteiger partial charge >= 0.3 is 5.97 Å².